The van der Waals surface area contributed by atoms with Crippen molar-refractivity contribution in [1.82, 2.24) is 19.3 Å². The van der Waals surface area contributed by atoms with E-state index < -0.39 is 0 Å². The molecule has 0 atom stereocenters. The van der Waals surface area contributed by atoms with Crippen LogP contribution in [0.5, 0.6) is 0 Å². The number of halogens is 1. The van der Waals surface area contributed by atoms with Crippen LogP contribution in [0.15, 0.2) is 23.1 Å². The van der Waals surface area contributed by atoms with Crippen LogP contribution in [0.25, 0.3) is 0 Å². The molecule has 2 aromatic heterocycles. The van der Waals surface area contributed by atoms with Gasteiger partial charge in [-0.25, -0.2) is 4.98 Å². The van der Waals surface area contributed by atoms with Gasteiger partial charge in [0.2, 0.25) is 0 Å². The molecule has 80 valence electrons. The average molecular weight is 270 g/mol. The maximum absolute atomic E-state index is 5.62. The molecule has 6 heteroatoms. The molecule has 2 heterocycles. The summed E-state index contributed by atoms with van der Waals surface area (Å²) in [6, 6.07) is 0. The molecule has 0 unspecified atom stereocenters. The molecule has 0 amide bonds. The Balaban J connectivity index is 2.02. The van der Waals surface area contributed by atoms with Crippen LogP contribution >= 0.6 is 15.9 Å². The molecule has 0 fully saturated rings. The van der Waals surface area contributed by atoms with Gasteiger partial charge in [0.25, 0.3) is 0 Å². The van der Waals surface area contributed by atoms with Crippen LogP contribution in [0.1, 0.15) is 5.82 Å². The number of nitrogens with zero attached hydrogens (tertiary/aromatic N) is 4. The number of hydrogen-bond donors (Lipinski definition) is 1. The molecule has 0 saturated carbocycles. The largest absolute Gasteiger partial charge is 0.381 e. The third-order valence-electron chi connectivity index (χ3n) is 2.24. The first-order valence-corrected chi connectivity index (χ1v) is 5.42. The smallest absolute Gasteiger partial charge is 0.159 e. The lowest BCUT2D eigenvalue weighted by atomic mass is 10.5. The molecule has 2 N–H and O–H groups in total. The van der Waals surface area contributed by atoms with Crippen LogP contribution < -0.4 is 5.73 Å². The number of nitrogens with two attached hydrogens (primary N) is 1. The van der Waals surface area contributed by atoms with Crippen molar-refractivity contribution in [2.75, 3.05) is 5.73 Å². The second-order valence-corrected chi connectivity index (χ2v) is 4.15. The minimum atomic E-state index is 0.525. The lowest BCUT2D eigenvalue weighted by Crippen LogP contribution is -2.08. The number of rotatable bonds is 3. The Hall–Kier alpha value is -1.30. The normalized spacial score (nSPS) is 10.8. The van der Waals surface area contributed by atoms with Gasteiger partial charge < -0.3 is 10.3 Å². The van der Waals surface area contributed by atoms with E-state index in [4.69, 9.17) is 5.73 Å². The number of aromatic nitrogens is 4. The van der Waals surface area contributed by atoms with Crippen LogP contribution in [-0.4, -0.2) is 19.3 Å². The third-order valence-corrected chi connectivity index (χ3v) is 2.85. The molecule has 0 aromatic carbocycles. The molecule has 0 spiro atoms. The highest BCUT2D eigenvalue weighted by molar-refractivity contribution is 9.10. The monoisotopic (exact) mass is 269 g/mol. The molecule has 0 aliphatic rings. The zero-order valence-corrected chi connectivity index (χ0v) is 9.98. The van der Waals surface area contributed by atoms with Gasteiger partial charge in [-0.3, -0.25) is 4.68 Å². The molecule has 0 bridgehead atoms. The topological polar surface area (TPSA) is 61.7 Å². The van der Waals surface area contributed by atoms with Crippen molar-refractivity contribution < 1.29 is 0 Å². The summed E-state index contributed by atoms with van der Waals surface area (Å²) in [6.07, 6.45) is 5.63. The van der Waals surface area contributed by atoms with Gasteiger partial charge in [-0.1, -0.05) is 0 Å². The van der Waals surface area contributed by atoms with Crippen molar-refractivity contribution in [2.24, 2.45) is 0 Å². The van der Waals surface area contributed by atoms with E-state index in [2.05, 4.69) is 30.6 Å². The number of aryl methyl sites for hydroxylation is 3. The van der Waals surface area contributed by atoms with E-state index >= 15 is 0 Å². The van der Waals surface area contributed by atoms with E-state index in [-0.39, 0.29) is 0 Å². The predicted molar refractivity (Wildman–Crippen MR) is 61.3 cm³/mol. The zero-order valence-electron chi connectivity index (χ0n) is 8.39. The second-order valence-electron chi connectivity index (χ2n) is 3.29. The highest BCUT2D eigenvalue weighted by Crippen LogP contribution is 2.16. The highest BCUT2D eigenvalue weighted by atomic mass is 79.9. The Morgan fingerprint density at radius 2 is 2.27 bits per heavy atom. The Labute approximate surface area is 96.0 Å². The number of anilines is 1. The molecule has 0 radical (unpaired) electrons. The van der Waals surface area contributed by atoms with E-state index in [0.29, 0.717) is 5.82 Å². The van der Waals surface area contributed by atoms with Crippen molar-refractivity contribution in [3.8, 4) is 0 Å². The minimum absolute atomic E-state index is 0.525. The van der Waals surface area contributed by atoms with Crippen molar-refractivity contribution in [3.63, 3.8) is 0 Å². The number of imidazole rings is 1. The minimum Gasteiger partial charge on any atom is -0.381 e. The molecule has 0 aliphatic carbocycles. The first-order chi connectivity index (χ1) is 7.16. The van der Waals surface area contributed by atoms with Gasteiger partial charge in [-0.15, -0.1) is 0 Å². The lowest BCUT2D eigenvalue weighted by molar-refractivity contribution is 0.527. The number of hydrogen-bond acceptors (Lipinski definition) is 3. The summed E-state index contributed by atoms with van der Waals surface area (Å²) in [6.45, 7) is 3.61. The summed E-state index contributed by atoms with van der Waals surface area (Å²) in [4.78, 5) is 4.15. The van der Waals surface area contributed by atoms with Crippen molar-refractivity contribution in [3.05, 3.63) is 28.9 Å². The first-order valence-electron chi connectivity index (χ1n) is 4.63. The van der Waals surface area contributed by atoms with Gasteiger partial charge in [0.05, 0.1) is 11.0 Å². The van der Waals surface area contributed by atoms with Crippen molar-refractivity contribution in [2.45, 2.75) is 20.0 Å². The average Bonchev–Trinajstić information content (AvgIpc) is 2.72. The van der Waals surface area contributed by atoms with Gasteiger partial charge in [0, 0.05) is 25.1 Å². The Morgan fingerprint density at radius 3 is 2.80 bits per heavy atom. The Bertz CT molecular complexity index is 439. The van der Waals surface area contributed by atoms with Gasteiger partial charge in [0.15, 0.2) is 5.82 Å². The standard InChI is InChI=1S/C9H12BrN5/c1-7-12-2-3-14(7)4-5-15-6-8(10)9(11)13-15/h2-3,6H,4-5H2,1H3,(H2,11,13). The van der Waals surface area contributed by atoms with E-state index in [1.165, 1.54) is 0 Å². The quantitative estimate of drug-likeness (QED) is 0.917. The maximum atomic E-state index is 5.62. The molecule has 2 rings (SSSR count). The van der Waals surface area contributed by atoms with Crippen LogP contribution in [0, 0.1) is 6.92 Å². The van der Waals surface area contributed by atoms with Crippen molar-refractivity contribution in [1.29, 1.82) is 0 Å². The van der Waals surface area contributed by atoms with Crippen LogP contribution in [0.3, 0.4) is 0 Å². The second kappa shape index (κ2) is 4.06. The van der Waals surface area contributed by atoms with E-state index in [1.54, 1.807) is 6.20 Å². The third kappa shape index (κ3) is 2.20. The fraction of sp³-hybridized carbons (Fsp3) is 0.333. The summed E-state index contributed by atoms with van der Waals surface area (Å²) in [7, 11) is 0. The zero-order chi connectivity index (χ0) is 10.8. The molecule has 0 saturated heterocycles. The molecular formula is C9H12BrN5. The summed E-state index contributed by atoms with van der Waals surface area (Å²) >= 11 is 3.32. The van der Waals surface area contributed by atoms with Gasteiger partial charge >= 0.3 is 0 Å². The predicted octanol–water partition coefficient (Wildman–Crippen LogP) is 1.43. The molecule has 15 heavy (non-hydrogen) atoms. The van der Waals surface area contributed by atoms with Crippen molar-refractivity contribution >= 4 is 21.7 Å². The van der Waals surface area contributed by atoms with Crippen LogP contribution in [0.4, 0.5) is 5.82 Å². The van der Waals surface area contributed by atoms with E-state index in [0.717, 1.165) is 23.4 Å². The van der Waals surface area contributed by atoms with E-state index in [9.17, 15) is 0 Å². The fourth-order valence-electron chi connectivity index (χ4n) is 1.38. The van der Waals surface area contributed by atoms with Gasteiger partial charge in [0.1, 0.15) is 5.82 Å². The first kappa shape index (κ1) is 10.2. The molecular weight excluding hydrogens is 258 g/mol. The SMILES string of the molecule is Cc1nccn1CCn1cc(Br)c(N)n1. The summed E-state index contributed by atoms with van der Waals surface area (Å²) in [5.74, 6) is 1.53. The summed E-state index contributed by atoms with van der Waals surface area (Å²) < 4.78 is 4.73. The van der Waals surface area contributed by atoms with Gasteiger partial charge in [-0.05, 0) is 22.9 Å². The van der Waals surface area contributed by atoms with Gasteiger partial charge in [-0.2, -0.15) is 5.10 Å². The van der Waals surface area contributed by atoms with Crippen LogP contribution in [-0.2, 0) is 13.1 Å². The summed E-state index contributed by atoms with van der Waals surface area (Å²) in [5.41, 5.74) is 5.62. The number of nitrogen functional groups attached to an aromatic ring is 1. The Kier molecular flexibility index (Phi) is 2.77. The maximum Gasteiger partial charge on any atom is 0.159 e. The summed E-state index contributed by atoms with van der Waals surface area (Å²) in [5, 5.41) is 4.15. The Morgan fingerprint density at radius 1 is 1.47 bits per heavy atom. The molecule has 2 aromatic rings. The highest BCUT2D eigenvalue weighted by Gasteiger charge is 2.02. The van der Waals surface area contributed by atoms with E-state index in [1.807, 2.05) is 24.0 Å². The molecule has 0 aliphatic heterocycles. The van der Waals surface area contributed by atoms with Crippen LogP contribution in [0.2, 0.25) is 0 Å². The fourth-order valence-corrected chi connectivity index (χ4v) is 1.69. The lowest BCUT2D eigenvalue weighted by Gasteiger charge is -2.04. The molecule has 5 nitrogen and oxygen atoms in total.